The lowest BCUT2D eigenvalue weighted by molar-refractivity contribution is 1.34. The van der Waals surface area contributed by atoms with Gasteiger partial charge in [-0.05, 0) is 47.2 Å². The quantitative estimate of drug-likeness (QED) is 0.253. The van der Waals surface area contributed by atoms with Gasteiger partial charge in [-0.3, -0.25) is 4.79 Å². The highest BCUT2D eigenvalue weighted by atomic mass is 35.5. The van der Waals surface area contributed by atoms with Gasteiger partial charge < -0.3 is 4.98 Å². The van der Waals surface area contributed by atoms with Gasteiger partial charge in [0.15, 0.2) is 0 Å². The van der Waals surface area contributed by atoms with Crippen molar-refractivity contribution in [2.45, 2.75) is 0 Å². The van der Waals surface area contributed by atoms with E-state index in [1.54, 1.807) is 46.9 Å². The SMILES string of the molecule is N#Cc1ccc2c(c1)[nH]c(=O)c1ccsc12.N#Cc1ccc2c(c1)nc(Cl)c1ccsc12. The second-order valence-corrected chi connectivity index (χ2v) is 9.09. The van der Waals surface area contributed by atoms with E-state index in [9.17, 15) is 4.79 Å². The molecule has 2 aromatic carbocycles. The number of halogens is 1. The van der Waals surface area contributed by atoms with Crippen LogP contribution in [-0.2, 0) is 0 Å². The van der Waals surface area contributed by atoms with Crippen LogP contribution in [0.1, 0.15) is 11.1 Å². The largest absolute Gasteiger partial charge is 0.321 e. The molecule has 0 atom stereocenters. The van der Waals surface area contributed by atoms with Gasteiger partial charge in [-0.1, -0.05) is 23.7 Å². The molecular formula is C24H11ClN4OS2. The van der Waals surface area contributed by atoms with E-state index in [1.807, 2.05) is 35.0 Å². The number of benzene rings is 2. The van der Waals surface area contributed by atoms with Gasteiger partial charge in [0.1, 0.15) is 5.15 Å². The van der Waals surface area contributed by atoms with Crippen LogP contribution < -0.4 is 5.56 Å². The third kappa shape index (κ3) is 3.39. The fraction of sp³-hybridized carbons (Fsp3) is 0. The lowest BCUT2D eigenvalue weighted by Crippen LogP contribution is -2.04. The van der Waals surface area contributed by atoms with Crippen LogP contribution in [0.15, 0.2) is 64.1 Å². The number of H-pyrrole nitrogens is 1. The summed E-state index contributed by atoms with van der Waals surface area (Å²) in [5.41, 5.74) is 2.56. The molecule has 0 spiro atoms. The number of thiophene rings is 2. The van der Waals surface area contributed by atoms with Crippen LogP contribution in [-0.4, -0.2) is 9.97 Å². The molecule has 0 saturated carbocycles. The van der Waals surface area contributed by atoms with E-state index < -0.39 is 0 Å². The van der Waals surface area contributed by atoms with Crippen LogP contribution in [0.5, 0.6) is 0 Å². The monoisotopic (exact) mass is 470 g/mol. The average Bonchev–Trinajstić information content (AvgIpc) is 3.50. The maximum atomic E-state index is 11.7. The van der Waals surface area contributed by atoms with Gasteiger partial charge in [-0.15, -0.1) is 22.7 Å². The summed E-state index contributed by atoms with van der Waals surface area (Å²) in [5, 5.41) is 25.8. The Morgan fingerprint density at radius 2 is 1.44 bits per heavy atom. The Labute approximate surface area is 194 Å². The first-order valence-electron chi connectivity index (χ1n) is 9.39. The Morgan fingerprint density at radius 1 is 0.812 bits per heavy atom. The summed E-state index contributed by atoms with van der Waals surface area (Å²) >= 11 is 9.26. The summed E-state index contributed by atoms with van der Waals surface area (Å²) in [4.78, 5) is 18.8. The van der Waals surface area contributed by atoms with Gasteiger partial charge in [0.25, 0.3) is 5.56 Å². The van der Waals surface area contributed by atoms with E-state index in [1.165, 1.54) is 0 Å². The maximum absolute atomic E-state index is 11.7. The summed E-state index contributed by atoms with van der Waals surface area (Å²) in [7, 11) is 0. The minimum atomic E-state index is -0.0983. The van der Waals surface area contributed by atoms with Crippen molar-refractivity contribution in [1.29, 1.82) is 10.5 Å². The minimum absolute atomic E-state index is 0.0983. The Kier molecular flexibility index (Phi) is 5.08. The predicted molar refractivity (Wildman–Crippen MR) is 132 cm³/mol. The van der Waals surface area contributed by atoms with Crippen molar-refractivity contribution in [3.63, 3.8) is 0 Å². The second kappa shape index (κ2) is 8.07. The van der Waals surface area contributed by atoms with Gasteiger partial charge in [0.05, 0.1) is 39.7 Å². The molecule has 6 rings (SSSR count). The van der Waals surface area contributed by atoms with Gasteiger partial charge in [0, 0.05) is 25.6 Å². The fourth-order valence-electron chi connectivity index (χ4n) is 3.53. The lowest BCUT2D eigenvalue weighted by Gasteiger charge is -2.01. The number of nitrogens with zero attached hydrogens (tertiary/aromatic N) is 3. The average molecular weight is 471 g/mol. The number of nitriles is 2. The number of pyridine rings is 2. The molecule has 0 radical (unpaired) electrons. The molecule has 0 bridgehead atoms. The molecule has 6 aromatic rings. The van der Waals surface area contributed by atoms with E-state index in [4.69, 9.17) is 22.1 Å². The molecular weight excluding hydrogens is 460 g/mol. The molecule has 152 valence electrons. The third-order valence-electron chi connectivity index (χ3n) is 5.03. The summed E-state index contributed by atoms with van der Waals surface area (Å²) in [6.45, 7) is 0. The van der Waals surface area contributed by atoms with Gasteiger partial charge >= 0.3 is 0 Å². The molecule has 0 aliphatic carbocycles. The van der Waals surface area contributed by atoms with Crippen LogP contribution >= 0.6 is 34.3 Å². The predicted octanol–water partition coefficient (Wildman–Crippen LogP) is 6.59. The highest BCUT2D eigenvalue weighted by Gasteiger charge is 2.08. The van der Waals surface area contributed by atoms with Crippen LogP contribution in [0.3, 0.4) is 0 Å². The van der Waals surface area contributed by atoms with Crippen LogP contribution in [0.25, 0.3) is 42.0 Å². The number of nitrogens with one attached hydrogen (secondary N) is 1. The van der Waals surface area contributed by atoms with Crippen molar-refractivity contribution in [2.24, 2.45) is 0 Å². The minimum Gasteiger partial charge on any atom is -0.321 e. The number of aromatic amines is 1. The van der Waals surface area contributed by atoms with E-state index in [0.29, 0.717) is 21.7 Å². The molecule has 8 heteroatoms. The van der Waals surface area contributed by atoms with E-state index in [-0.39, 0.29) is 5.56 Å². The summed E-state index contributed by atoms with van der Waals surface area (Å²) < 4.78 is 2.10. The molecule has 32 heavy (non-hydrogen) atoms. The standard InChI is InChI=1S/C12H5ClN2S.C12H6N2OS/c13-12-9-3-4-16-11(9)8-2-1-7(6-14)5-10(8)15-12;13-6-7-1-2-8-10(5-7)14-12(15)9-3-4-16-11(8)9/h1-5H;1-5H,(H,14,15). The molecule has 5 nitrogen and oxygen atoms in total. The summed E-state index contributed by atoms with van der Waals surface area (Å²) in [5.74, 6) is 0. The molecule has 0 aliphatic heterocycles. The second-order valence-electron chi connectivity index (χ2n) is 6.90. The Balaban J connectivity index is 0.000000135. The summed E-state index contributed by atoms with van der Waals surface area (Å²) in [6.07, 6.45) is 0. The van der Waals surface area contributed by atoms with Crippen molar-refractivity contribution >= 4 is 76.3 Å². The van der Waals surface area contributed by atoms with Crippen molar-refractivity contribution in [1.82, 2.24) is 9.97 Å². The highest BCUT2D eigenvalue weighted by Crippen LogP contribution is 2.33. The molecule has 0 aliphatic rings. The van der Waals surface area contributed by atoms with Crippen molar-refractivity contribution in [3.05, 3.63) is 85.9 Å². The highest BCUT2D eigenvalue weighted by molar-refractivity contribution is 7.18. The first-order chi connectivity index (χ1) is 15.6. The first kappa shape index (κ1) is 20.2. The van der Waals surface area contributed by atoms with Crippen LogP contribution in [0.2, 0.25) is 5.15 Å². The smallest absolute Gasteiger partial charge is 0.257 e. The van der Waals surface area contributed by atoms with Crippen molar-refractivity contribution < 1.29 is 0 Å². The maximum Gasteiger partial charge on any atom is 0.257 e. The molecule has 4 heterocycles. The lowest BCUT2D eigenvalue weighted by atomic mass is 10.1. The topological polar surface area (TPSA) is 93.3 Å². The zero-order valence-electron chi connectivity index (χ0n) is 16.2. The Morgan fingerprint density at radius 3 is 2.16 bits per heavy atom. The first-order valence-corrected chi connectivity index (χ1v) is 11.5. The Hall–Kier alpha value is -3.75. The van der Waals surface area contributed by atoms with Crippen LogP contribution in [0, 0.1) is 22.7 Å². The van der Waals surface area contributed by atoms with E-state index in [2.05, 4.69) is 22.1 Å². The number of rotatable bonds is 0. The van der Waals surface area contributed by atoms with Crippen molar-refractivity contribution in [3.8, 4) is 12.1 Å². The molecule has 0 saturated heterocycles. The molecule has 0 unspecified atom stereocenters. The van der Waals surface area contributed by atoms with Gasteiger partial charge in [-0.2, -0.15) is 10.5 Å². The normalized spacial score (nSPS) is 10.7. The summed E-state index contributed by atoms with van der Waals surface area (Å²) in [6, 6.07) is 18.8. The number of aromatic nitrogens is 2. The van der Waals surface area contributed by atoms with E-state index in [0.717, 1.165) is 36.6 Å². The van der Waals surface area contributed by atoms with Crippen LogP contribution in [0.4, 0.5) is 0 Å². The zero-order valence-corrected chi connectivity index (χ0v) is 18.6. The van der Waals surface area contributed by atoms with E-state index >= 15 is 0 Å². The van der Waals surface area contributed by atoms with Gasteiger partial charge in [-0.25, -0.2) is 4.98 Å². The fourth-order valence-corrected chi connectivity index (χ4v) is 5.70. The number of hydrogen-bond acceptors (Lipinski definition) is 6. The molecule has 0 amide bonds. The number of fused-ring (bicyclic) bond motifs is 6. The van der Waals surface area contributed by atoms with Crippen molar-refractivity contribution in [2.75, 3.05) is 0 Å². The third-order valence-corrected chi connectivity index (χ3v) is 7.21. The molecule has 1 N–H and O–H groups in total. The molecule has 0 fully saturated rings. The zero-order chi connectivity index (χ0) is 22.2. The molecule has 4 aromatic heterocycles. The Bertz CT molecular complexity index is 1800. The number of hydrogen-bond donors (Lipinski definition) is 1. The van der Waals surface area contributed by atoms with Gasteiger partial charge in [0.2, 0.25) is 0 Å².